The van der Waals surface area contributed by atoms with Gasteiger partial charge in [-0.15, -0.1) is 0 Å². The van der Waals surface area contributed by atoms with Crippen LogP contribution in [-0.4, -0.2) is 29.8 Å². The lowest BCUT2D eigenvalue weighted by molar-refractivity contribution is -0.123. The summed E-state index contributed by atoms with van der Waals surface area (Å²) in [4.78, 5) is 26.8. The molecule has 150 valence electrons. The first-order valence-electron chi connectivity index (χ1n) is 8.85. The van der Waals surface area contributed by atoms with Crippen molar-refractivity contribution in [3.8, 4) is 11.5 Å². The maximum Gasteiger partial charge on any atom is 0.293 e. The lowest BCUT2D eigenvalue weighted by atomic mass is 10.1. The molecule has 2 aromatic rings. The maximum atomic E-state index is 12.8. The molecule has 1 fully saturated rings. The first kappa shape index (κ1) is 21.2. The summed E-state index contributed by atoms with van der Waals surface area (Å²) in [6.45, 7) is 6.22. The van der Waals surface area contributed by atoms with Gasteiger partial charge in [-0.05, 0) is 64.0 Å². The van der Waals surface area contributed by atoms with E-state index in [1.807, 2.05) is 37.3 Å². The molecule has 1 heterocycles. The smallest absolute Gasteiger partial charge is 0.293 e. The fraction of sp³-hybridized carbons (Fsp3) is 0.182. The van der Waals surface area contributed by atoms with Gasteiger partial charge in [0.25, 0.3) is 11.1 Å². The quantitative estimate of drug-likeness (QED) is 0.388. The Balaban J connectivity index is 1.84. The van der Waals surface area contributed by atoms with Crippen molar-refractivity contribution in [3.63, 3.8) is 0 Å². The Labute approximate surface area is 182 Å². The molecule has 0 saturated carbocycles. The van der Waals surface area contributed by atoms with Gasteiger partial charge in [0.05, 0.1) is 23.0 Å². The van der Waals surface area contributed by atoms with E-state index >= 15 is 0 Å². The van der Waals surface area contributed by atoms with Gasteiger partial charge in [-0.3, -0.25) is 14.5 Å². The van der Waals surface area contributed by atoms with Gasteiger partial charge in [0.2, 0.25) is 0 Å². The van der Waals surface area contributed by atoms with E-state index in [2.05, 4.69) is 22.5 Å². The normalized spacial score (nSPS) is 15.1. The van der Waals surface area contributed by atoms with E-state index in [4.69, 9.17) is 9.47 Å². The van der Waals surface area contributed by atoms with Crippen molar-refractivity contribution < 1.29 is 19.1 Å². The summed E-state index contributed by atoms with van der Waals surface area (Å²) in [6, 6.07) is 11.3. The number of hydrogen-bond acceptors (Lipinski definition) is 5. The molecule has 0 aromatic heterocycles. The number of halogens is 1. The zero-order chi connectivity index (χ0) is 21.0. The predicted octanol–water partition coefficient (Wildman–Crippen LogP) is 5.57. The van der Waals surface area contributed by atoms with E-state index < -0.39 is 0 Å². The maximum absolute atomic E-state index is 12.8. The second kappa shape index (κ2) is 9.33. The fourth-order valence-electron chi connectivity index (χ4n) is 2.77. The van der Waals surface area contributed by atoms with Crippen molar-refractivity contribution in [1.29, 1.82) is 0 Å². The van der Waals surface area contributed by atoms with Crippen LogP contribution in [0.3, 0.4) is 0 Å². The largest absolute Gasteiger partial charge is 0.493 e. The van der Waals surface area contributed by atoms with Crippen molar-refractivity contribution in [2.24, 2.45) is 0 Å². The molecule has 1 saturated heterocycles. The summed E-state index contributed by atoms with van der Waals surface area (Å²) in [5.41, 5.74) is 2.76. The topological polar surface area (TPSA) is 55.8 Å². The fourth-order valence-corrected chi connectivity index (χ4v) is 4.18. The number of aryl methyl sites for hydroxylation is 1. The van der Waals surface area contributed by atoms with Gasteiger partial charge in [0.15, 0.2) is 11.5 Å². The molecule has 2 amide bonds. The van der Waals surface area contributed by atoms with Crippen LogP contribution in [0.5, 0.6) is 11.5 Å². The molecule has 0 spiro atoms. The number of ether oxygens (including phenoxy) is 2. The molecule has 3 rings (SSSR count). The molecule has 0 atom stereocenters. The van der Waals surface area contributed by atoms with Crippen LogP contribution in [0.15, 0.2) is 58.4 Å². The van der Waals surface area contributed by atoms with Crippen LogP contribution in [0.1, 0.15) is 16.7 Å². The molecule has 29 heavy (non-hydrogen) atoms. The van der Waals surface area contributed by atoms with E-state index in [9.17, 15) is 9.59 Å². The van der Waals surface area contributed by atoms with Crippen LogP contribution >= 0.6 is 27.7 Å². The molecule has 5 nitrogen and oxygen atoms in total. The molecule has 0 N–H and O–H groups in total. The molecular weight excluding hydrogens is 454 g/mol. The van der Waals surface area contributed by atoms with Crippen molar-refractivity contribution in [3.05, 3.63) is 75.1 Å². The third-order valence-corrected chi connectivity index (χ3v) is 5.73. The molecule has 1 aliphatic rings. The highest BCUT2D eigenvalue weighted by molar-refractivity contribution is 9.10. The van der Waals surface area contributed by atoms with Crippen molar-refractivity contribution in [2.45, 2.75) is 13.5 Å². The number of amides is 2. The van der Waals surface area contributed by atoms with Gasteiger partial charge in [-0.1, -0.05) is 42.5 Å². The number of carbonyl (C=O) groups is 2. The van der Waals surface area contributed by atoms with Crippen LogP contribution in [0.2, 0.25) is 0 Å². The van der Waals surface area contributed by atoms with Crippen LogP contribution in [-0.2, 0) is 11.3 Å². The van der Waals surface area contributed by atoms with E-state index in [0.29, 0.717) is 27.5 Å². The third-order valence-electron chi connectivity index (χ3n) is 4.23. The number of methoxy groups -OCH3 is 1. The Hall–Kier alpha value is -2.51. The molecule has 7 heteroatoms. The standard InChI is InChI=1S/C22H20BrNO4S/c1-4-9-28-20-17(23)10-16(11-18(20)27-3)12-19-21(25)24(22(26)29-19)13-15-7-5-14(2)6-8-15/h4-8,10-12H,1,9,13H2,2-3H3/b19-12-. The summed E-state index contributed by atoms with van der Waals surface area (Å²) in [7, 11) is 1.54. The minimum atomic E-state index is -0.303. The molecule has 0 bridgehead atoms. The van der Waals surface area contributed by atoms with Gasteiger partial charge in [0, 0.05) is 0 Å². The minimum absolute atomic E-state index is 0.254. The van der Waals surface area contributed by atoms with E-state index in [-0.39, 0.29) is 17.7 Å². The van der Waals surface area contributed by atoms with Gasteiger partial charge < -0.3 is 9.47 Å². The first-order valence-corrected chi connectivity index (χ1v) is 10.5. The molecule has 0 aliphatic carbocycles. The van der Waals surface area contributed by atoms with Crippen molar-refractivity contribution in [2.75, 3.05) is 13.7 Å². The third kappa shape index (κ3) is 4.92. The van der Waals surface area contributed by atoms with Gasteiger partial charge >= 0.3 is 0 Å². The summed E-state index contributed by atoms with van der Waals surface area (Å²) in [5.74, 6) is 0.769. The second-order valence-electron chi connectivity index (χ2n) is 6.39. The van der Waals surface area contributed by atoms with Crippen LogP contribution < -0.4 is 9.47 Å². The molecule has 0 radical (unpaired) electrons. The number of carbonyl (C=O) groups excluding carboxylic acids is 2. The number of thioether (sulfide) groups is 1. The zero-order valence-corrected chi connectivity index (χ0v) is 18.5. The highest BCUT2D eigenvalue weighted by atomic mass is 79.9. The molecule has 1 aliphatic heterocycles. The summed E-state index contributed by atoms with van der Waals surface area (Å²) < 4.78 is 11.7. The van der Waals surface area contributed by atoms with E-state index in [0.717, 1.165) is 28.5 Å². The SMILES string of the molecule is C=CCOc1c(Br)cc(/C=C2\SC(=O)N(Cc3ccc(C)cc3)C2=O)cc1OC. The lowest BCUT2D eigenvalue weighted by Crippen LogP contribution is -2.27. The van der Waals surface area contributed by atoms with E-state index in [1.165, 1.54) is 4.90 Å². The monoisotopic (exact) mass is 473 g/mol. The van der Waals surface area contributed by atoms with Gasteiger partial charge in [-0.25, -0.2) is 0 Å². The average Bonchev–Trinajstić information content (AvgIpc) is 2.95. The number of imide groups is 1. The predicted molar refractivity (Wildman–Crippen MR) is 119 cm³/mol. The second-order valence-corrected chi connectivity index (χ2v) is 8.23. The van der Waals surface area contributed by atoms with Gasteiger partial charge in [-0.2, -0.15) is 0 Å². The Bertz CT molecular complexity index is 985. The molecular formula is C22H20BrNO4S. The van der Waals surface area contributed by atoms with Crippen LogP contribution in [0, 0.1) is 6.92 Å². The molecule has 0 unspecified atom stereocenters. The van der Waals surface area contributed by atoms with Crippen LogP contribution in [0.4, 0.5) is 4.79 Å². The summed E-state index contributed by atoms with van der Waals surface area (Å²) >= 11 is 4.40. The Morgan fingerprint density at radius 2 is 1.93 bits per heavy atom. The van der Waals surface area contributed by atoms with Crippen molar-refractivity contribution in [1.82, 2.24) is 4.90 Å². The van der Waals surface area contributed by atoms with Crippen molar-refractivity contribution >= 4 is 44.9 Å². The highest BCUT2D eigenvalue weighted by Crippen LogP contribution is 2.39. The number of nitrogens with zero attached hydrogens (tertiary/aromatic N) is 1. The van der Waals surface area contributed by atoms with E-state index in [1.54, 1.807) is 25.3 Å². The van der Waals surface area contributed by atoms with Crippen LogP contribution in [0.25, 0.3) is 6.08 Å². The number of hydrogen-bond donors (Lipinski definition) is 0. The molecule has 2 aromatic carbocycles. The Morgan fingerprint density at radius 1 is 1.21 bits per heavy atom. The minimum Gasteiger partial charge on any atom is -0.493 e. The first-order chi connectivity index (χ1) is 13.9. The Morgan fingerprint density at radius 3 is 2.59 bits per heavy atom. The number of rotatable bonds is 7. The van der Waals surface area contributed by atoms with Gasteiger partial charge in [0.1, 0.15) is 6.61 Å². The number of benzene rings is 2. The zero-order valence-electron chi connectivity index (χ0n) is 16.1. The Kier molecular flexibility index (Phi) is 6.82. The highest BCUT2D eigenvalue weighted by Gasteiger charge is 2.35. The summed E-state index contributed by atoms with van der Waals surface area (Å²) in [6.07, 6.45) is 3.33. The lowest BCUT2D eigenvalue weighted by Gasteiger charge is -2.13. The summed E-state index contributed by atoms with van der Waals surface area (Å²) in [5, 5.41) is -0.279. The average molecular weight is 474 g/mol.